The molecule has 0 radical (unpaired) electrons. The van der Waals surface area contributed by atoms with Crippen molar-refractivity contribution >= 4 is 11.7 Å². The predicted molar refractivity (Wildman–Crippen MR) is 89.7 cm³/mol. The van der Waals surface area contributed by atoms with E-state index < -0.39 is 0 Å². The molecule has 1 saturated carbocycles. The first-order valence-electron chi connectivity index (χ1n) is 8.41. The molecule has 23 heavy (non-hydrogen) atoms. The normalized spacial score (nSPS) is 25.6. The molecule has 0 aromatic carbocycles. The number of carbonyl (C=O) groups is 1. The Morgan fingerprint density at radius 3 is 2.48 bits per heavy atom. The highest BCUT2D eigenvalue weighted by atomic mass is 16.3. The third-order valence-corrected chi connectivity index (χ3v) is 4.97. The highest BCUT2D eigenvalue weighted by Gasteiger charge is 2.33. The van der Waals surface area contributed by atoms with Crippen molar-refractivity contribution < 1.29 is 9.90 Å². The number of carbonyl (C=O) groups excluding carboxylic acids is 1. The summed E-state index contributed by atoms with van der Waals surface area (Å²) in [6, 6.07) is 4.00. The van der Waals surface area contributed by atoms with Gasteiger partial charge in [0.1, 0.15) is 5.82 Å². The molecule has 2 atom stereocenters. The van der Waals surface area contributed by atoms with E-state index in [-0.39, 0.29) is 18.1 Å². The number of pyridine rings is 1. The molecule has 126 valence electrons. The van der Waals surface area contributed by atoms with E-state index in [1.807, 2.05) is 36.0 Å². The van der Waals surface area contributed by atoms with Gasteiger partial charge in [0, 0.05) is 52.5 Å². The molecule has 6 nitrogen and oxygen atoms in total. The summed E-state index contributed by atoms with van der Waals surface area (Å²) in [6.45, 7) is 3.13. The van der Waals surface area contributed by atoms with Crippen LogP contribution >= 0.6 is 0 Å². The van der Waals surface area contributed by atoms with Gasteiger partial charge in [0.15, 0.2) is 0 Å². The van der Waals surface area contributed by atoms with Crippen molar-refractivity contribution in [3.8, 4) is 0 Å². The second-order valence-electron chi connectivity index (χ2n) is 6.69. The monoisotopic (exact) mass is 318 g/mol. The average molecular weight is 318 g/mol. The van der Waals surface area contributed by atoms with Crippen molar-refractivity contribution in [1.29, 1.82) is 0 Å². The summed E-state index contributed by atoms with van der Waals surface area (Å²) in [5.41, 5.74) is 0.643. The first-order valence-corrected chi connectivity index (χ1v) is 8.41. The van der Waals surface area contributed by atoms with E-state index in [4.69, 9.17) is 0 Å². The lowest BCUT2D eigenvalue weighted by Gasteiger charge is -2.39. The van der Waals surface area contributed by atoms with Gasteiger partial charge in [-0.1, -0.05) is 0 Å². The van der Waals surface area contributed by atoms with Crippen LogP contribution in [0, 0.1) is 0 Å². The fourth-order valence-corrected chi connectivity index (χ4v) is 3.56. The Balaban J connectivity index is 1.57. The number of hydrogen-bond donors (Lipinski definition) is 1. The molecule has 1 N–H and O–H groups in total. The minimum absolute atomic E-state index is 0.0504. The van der Waals surface area contributed by atoms with Crippen molar-refractivity contribution in [2.75, 3.05) is 45.2 Å². The standard InChI is InChI=1S/C17H26N4O2/c1-19(2)16-7-6-13(12-18-16)17(23)21-10-8-20(9-11-21)14-4-3-5-15(14)22/h6-7,12,14-15,22H,3-5,8-11H2,1-2H3/t14-,15+/m0/s1. The van der Waals surface area contributed by atoms with Gasteiger partial charge in [0.05, 0.1) is 11.7 Å². The number of aromatic nitrogens is 1. The number of aliphatic hydroxyl groups is 1. The topological polar surface area (TPSA) is 59.9 Å². The molecule has 1 aromatic heterocycles. The number of piperazine rings is 1. The summed E-state index contributed by atoms with van der Waals surface area (Å²) in [5.74, 6) is 0.899. The van der Waals surface area contributed by atoms with Crippen LogP contribution in [0.4, 0.5) is 5.82 Å². The number of hydrogen-bond acceptors (Lipinski definition) is 5. The maximum atomic E-state index is 12.6. The summed E-state index contributed by atoms with van der Waals surface area (Å²) in [4.78, 5) is 23.0. The van der Waals surface area contributed by atoms with Gasteiger partial charge in [-0.25, -0.2) is 4.98 Å². The van der Waals surface area contributed by atoms with E-state index in [9.17, 15) is 9.90 Å². The van der Waals surface area contributed by atoms with Crippen molar-refractivity contribution in [3.05, 3.63) is 23.9 Å². The zero-order chi connectivity index (χ0) is 16.4. The molecule has 1 saturated heterocycles. The fraction of sp³-hybridized carbons (Fsp3) is 0.647. The number of amides is 1. The second-order valence-corrected chi connectivity index (χ2v) is 6.69. The Hall–Kier alpha value is -1.66. The Labute approximate surface area is 137 Å². The van der Waals surface area contributed by atoms with Crippen LogP contribution in [-0.2, 0) is 0 Å². The highest BCUT2D eigenvalue weighted by Crippen LogP contribution is 2.25. The van der Waals surface area contributed by atoms with Gasteiger partial charge in [0.25, 0.3) is 5.91 Å². The van der Waals surface area contributed by atoms with Gasteiger partial charge in [-0.3, -0.25) is 9.69 Å². The summed E-state index contributed by atoms with van der Waals surface area (Å²) in [6.07, 6.45) is 4.55. The minimum atomic E-state index is -0.194. The first kappa shape index (κ1) is 16.2. The Morgan fingerprint density at radius 1 is 1.22 bits per heavy atom. The van der Waals surface area contributed by atoms with Crippen LogP contribution in [0.3, 0.4) is 0 Å². The summed E-state index contributed by atoms with van der Waals surface area (Å²) < 4.78 is 0. The van der Waals surface area contributed by atoms with Gasteiger partial charge >= 0.3 is 0 Å². The molecule has 3 rings (SSSR count). The quantitative estimate of drug-likeness (QED) is 0.894. The smallest absolute Gasteiger partial charge is 0.255 e. The molecule has 6 heteroatoms. The van der Waals surface area contributed by atoms with E-state index in [0.29, 0.717) is 5.56 Å². The molecule has 0 spiro atoms. The van der Waals surface area contributed by atoms with E-state index in [0.717, 1.165) is 51.3 Å². The number of nitrogens with zero attached hydrogens (tertiary/aromatic N) is 4. The zero-order valence-electron chi connectivity index (χ0n) is 14.0. The van der Waals surface area contributed by atoms with Crippen LogP contribution in [0.15, 0.2) is 18.3 Å². The average Bonchev–Trinajstić information content (AvgIpc) is 3.00. The lowest BCUT2D eigenvalue weighted by Crippen LogP contribution is -2.53. The third kappa shape index (κ3) is 3.48. The number of aliphatic hydroxyl groups excluding tert-OH is 1. The number of anilines is 1. The van der Waals surface area contributed by atoms with Gasteiger partial charge in [-0.15, -0.1) is 0 Å². The summed E-state index contributed by atoms with van der Waals surface area (Å²) in [7, 11) is 3.86. The third-order valence-electron chi connectivity index (χ3n) is 4.97. The molecule has 2 fully saturated rings. The van der Waals surface area contributed by atoms with Crippen LogP contribution in [0.1, 0.15) is 29.6 Å². The van der Waals surface area contributed by atoms with Crippen LogP contribution in [-0.4, -0.2) is 78.2 Å². The maximum absolute atomic E-state index is 12.6. The van der Waals surface area contributed by atoms with Crippen LogP contribution in [0.5, 0.6) is 0 Å². The van der Waals surface area contributed by atoms with E-state index >= 15 is 0 Å². The highest BCUT2D eigenvalue weighted by molar-refractivity contribution is 5.94. The Bertz CT molecular complexity index is 538. The van der Waals surface area contributed by atoms with Crippen LogP contribution < -0.4 is 4.90 Å². The zero-order valence-corrected chi connectivity index (χ0v) is 14.0. The Kier molecular flexibility index (Phi) is 4.82. The molecular formula is C17H26N4O2. The van der Waals surface area contributed by atoms with Gasteiger partial charge < -0.3 is 14.9 Å². The molecule has 2 aliphatic rings. The number of rotatable bonds is 3. The maximum Gasteiger partial charge on any atom is 0.255 e. The largest absolute Gasteiger partial charge is 0.391 e. The van der Waals surface area contributed by atoms with Crippen molar-refractivity contribution in [2.24, 2.45) is 0 Å². The molecule has 1 aliphatic heterocycles. The molecule has 0 unspecified atom stereocenters. The van der Waals surface area contributed by atoms with E-state index in [1.54, 1.807) is 6.20 Å². The van der Waals surface area contributed by atoms with Crippen LogP contribution in [0.25, 0.3) is 0 Å². The second kappa shape index (κ2) is 6.84. The van der Waals surface area contributed by atoms with Crippen molar-refractivity contribution in [2.45, 2.75) is 31.4 Å². The lowest BCUT2D eigenvalue weighted by molar-refractivity contribution is 0.0315. The van der Waals surface area contributed by atoms with Gasteiger partial charge in [-0.05, 0) is 31.4 Å². The van der Waals surface area contributed by atoms with Gasteiger partial charge in [-0.2, -0.15) is 0 Å². The molecular weight excluding hydrogens is 292 g/mol. The molecule has 2 heterocycles. The summed E-state index contributed by atoms with van der Waals surface area (Å²) >= 11 is 0. The summed E-state index contributed by atoms with van der Waals surface area (Å²) in [5, 5.41) is 10.0. The fourth-order valence-electron chi connectivity index (χ4n) is 3.56. The van der Waals surface area contributed by atoms with Crippen LogP contribution in [0.2, 0.25) is 0 Å². The Morgan fingerprint density at radius 2 is 1.96 bits per heavy atom. The first-order chi connectivity index (χ1) is 11.1. The predicted octanol–water partition coefficient (Wildman–Crippen LogP) is 0.819. The van der Waals surface area contributed by atoms with E-state index in [1.165, 1.54) is 0 Å². The van der Waals surface area contributed by atoms with Crippen molar-refractivity contribution in [1.82, 2.24) is 14.8 Å². The minimum Gasteiger partial charge on any atom is -0.391 e. The van der Waals surface area contributed by atoms with E-state index in [2.05, 4.69) is 9.88 Å². The molecule has 1 aromatic rings. The molecule has 1 aliphatic carbocycles. The van der Waals surface area contributed by atoms with Crippen molar-refractivity contribution in [3.63, 3.8) is 0 Å². The lowest BCUT2D eigenvalue weighted by atomic mass is 10.1. The van der Waals surface area contributed by atoms with Gasteiger partial charge in [0.2, 0.25) is 0 Å². The SMILES string of the molecule is CN(C)c1ccc(C(=O)N2CCN([C@H]3CCC[C@H]3O)CC2)cn1. The molecule has 1 amide bonds. The molecule has 0 bridgehead atoms.